The Morgan fingerprint density at radius 1 is 1.24 bits per heavy atom. The van der Waals surface area contributed by atoms with Gasteiger partial charge in [0.1, 0.15) is 11.5 Å². The Kier molecular flexibility index (Phi) is 4.91. The van der Waals surface area contributed by atoms with Crippen LogP contribution in [0.2, 0.25) is 0 Å². The van der Waals surface area contributed by atoms with E-state index >= 15 is 0 Å². The molecule has 0 fully saturated rings. The number of nitrogens with zero attached hydrogens (tertiary/aromatic N) is 1. The quantitative estimate of drug-likeness (QED) is 0.880. The fourth-order valence-corrected chi connectivity index (χ4v) is 2.22. The molecule has 2 aromatic heterocycles. The van der Waals surface area contributed by atoms with Crippen molar-refractivity contribution in [3.05, 3.63) is 47.3 Å². The average molecular weight is 290 g/mol. The monoisotopic (exact) mass is 290 g/mol. The summed E-state index contributed by atoms with van der Waals surface area (Å²) >= 11 is 0. The van der Waals surface area contributed by atoms with Crippen LogP contribution in [0.3, 0.4) is 0 Å². The van der Waals surface area contributed by atoms with Gasteiger partial charge in [-0.1, -0.05) is 0 Å². The number of furan rings is 2. The largest absolute Gasteiger partial charge is 0.472 e. The van der Waals surface area contributed by atoms with Crippen molar-refractivity contribution in [3.8, 4) is 0 Å². The van der Waals surface area contributed by atoms with E-state index in [1.807, 2.05) is 13.0 Å². The number of aryl methyl sites for hydroxylation is 1. The van der Waals surface area contributed by atoms with Crippen LogP contribution in [-0.4, -0.2) is 17.5 Å². The van der Waals surface area contributed by atoms with Crippen molar-refractivity contribution in [1.29, 1.82) is 0 Å². The van der Waals surface area contributed by atoms with Crippen molar-refractivity contribution in [2.24, 2.45) is 0 Å². The molecule has 0 aromatic carbocycles. The highest BCUT2D eigenvalue weighted by molar-refractivity contribution is 5.21. The van der Waals surface area contributed by atoms with E-state index in [4.69, 9.17) is 8.83 Å². The molecule has 0 radical (unpaired) electrons. The molecular weight excluding hydrogens is 264 g/mol. The Bertz CT molecular complexity index is 550. The maximum atomic E-state index is 5.84. The van der Waals surface area contributed by atoms with E-state index in [0.29, 0.717) is 0 Å². The van der Waals surface area contributed by atoms with Crippen LogP contribution in [0.15, 0.2) is 33.5 Å². The van der Waals surface area contributed by atoms with E-state index in [9.17, 15) is 0 Å². The normalized spacial score (nSPS) is 12.3. The highest BCUT2D eigenvalue weighted by Gasteiger charge is 2.13. The van der Waals surface area contributed by atoms with Gasteiger partial charge in [0.2, 0.25) is 0 Å². The number of hydrogen-bond donors (Lipinski definition) is 1. The van der Waals surface area contributed by atoms with Crippen LogP contribution in [0.1, 0.15) is 43.4 Å². The fourth-order valence-electron chi connectivity index (χ4n) is 2.22. The Morgan fingerprint density at radius 2 is 2.00 bits per heavy atom. The van der Waals surface area contributed by atoms with Gasteiger partial charge in [0.15, 0.2) is 0 Å². The molecule has 0 aliphatic heterocycles. The van der Waals surface area contributed by atoms with Crippen LogP contribution >= 0.6 is 0 Å². The predicted octanol–water partition coefficient (Wildman–Crippen LogP) is 3.70. The SMILES string of the molecule is Cc1oc(CNC(C)(C)C)cc1CN(C)Cc1ccoc1. The summed E-state index contributed by atoms with van der Waals surface area (Å²) in [5, 5.41) is 3.45. The van der Waals surface area contributed by atoms with Gasteiger partial charge in [-0.25, -0.2) is 0 Å². The van der Waals surface area contributed by atoms with Gasteiger partial charge in [-0.05, 0) is 46.9 Å². The summed E-state index contributed by atoms with van der Waals surface area (Å²) in [6.45, 7) is 11.0. The van der Waals surface area contributed by atoms with Crippen LogP contribution in [0.5, 0.6) is 0 Å². The van der Waals surface area contributed by atoms with Crippen LogP contribution in [-0.2, 0) is 19.6 Å². The lowest BCUT2D eigenvalue weighted by Crippen LogP contribution is -2.34. The molecule has 0 spiro atoms. The van der Waals surface area contributed by atoms with Crippen molar-refractivity contribution in [3.63, 3.8) is 0 Å². The van der Waals surface area contributed by atoms with Gasteiger partial charge in [-0.15, -0.1) is 0 Å². The lowest BCUT2D eigenvalue weighted by molar-refractivity contribution is 0.315. The Balaban J connectivity index is 1.92. The molecule has 2 rings (SSSR count). The molecule has 2 aromatic rings. The van der Waals surface area contributed by atoms with Crippen molar-refractivity contribution in [2.45, 2.75) is 52.9 Å². The molecule has 2 heterocycles. The third-order valence-electron chi connectivity index (χ3n) is 3.34. The topological polar surface area (TPSA) is 41.6 Å². The summed E-state index contributed by atoms with van der Waals surface area (Å²) in [6.07, 6.45) is 3.50. The molecular formula is C17H26N2O2. The number of rotatable bonds is 6. The van der Waals surface area contributed by atoms with E-state index in [-0.39, 0.29) is 5.54 Å². The molecule has 0 aliphatic rings. The van der Waals surface area contributed by atoms with Gasteiger partial charge in [0.25, 0.3) is 0 Å². The van der Waals surface area contributed by atoms with Crippen molar-refractivity contribution < 1.29 is 8.83 Å². The van der Waals surface area contributed by atoms with Gasteiger partial charge in [0.05, 0.1) is 19.1 Å². The molecule has 0 atom stereocenters. The van der Waals surface area contributed by atoms with Gasteiger partial charge in [-0.2, -0.15) is 0 Å². The lowest BCUT2D eigenvalue weighted by Gasteiger charge is -2.19. The molecule has 0 bridgehead atoms. The lowest BCUT2D eigenvalue weighted by atomic mass is 10.1. The van der Waals surface area contributed by atoms with Crippen LogP contribution in [0.25, 0.3) is 0 Å². The number of nitrogens with one attached hydrogen (secondary N) is 1. The van der Waals surface area contributed by atoms with Crippen molar-refractivity contribution in [2.75, 3.05) is 7.05 Å². The molecule has 0 saturated carbocycles. The molecule has 1 N–H and O–H groups in total. The molecule has 116 valence electrons. The van der Waals surface area contributed by atoms with Crippen LogP contribution in [0, 0.1) is 6.92 Å². The van der Waals surface area contributed by atoms with E-state index in [1.54, 1.807) is 12.5 Å². The summed E-state index contributed by atoms with van der Waals surface area (Å²) in [4.78, 5) is 2.25. The maximum Gasteiger partial charge on any atom is 0.118 e. The first-order chi connectivity index (χ1) is 9.83. The van der Waals surface area contributed by atoms with Crippen LogP contribution in [0.4, 0.5) is 0 Å². The average Bonchev–Trinajstić information content (AvgIpc) is 2.97. The zero-order valence-corrected chi connectivity index (χ0v) is 13.7. The first kappa shape index (κ1) is 15.9. The number of hydrogen-bond acceptors (Lipinski definition) is 4. The summed E-state index contributed by atoms with van der Waals surface area (Å²) < 4.78 is 10.9. The van der Waals surface area contributed by atoms with E-state index in [1.165, 1.54) is 11.1 Å². The molecule has 0 saturated heterocycles. The Labute approximate surface area is 127 Å². The second kappa shape index (κ2) is 6.50. The molecule has 21 heavy (non-hydrogen) atoms. The summed E-state index contributed by atoms with van der Waals surface area (Å²) in [5.41, 5.74) is 2.53. The van der Waals surface area contributed by atoms with E-state index < -0.39 is 0 Å². The first-order valence-corrected chi connectivity index (χ1v) is 7.36. The Hall–Kier alpha value is -1.52. The van der Waals surface area contributed by atoms with Gasteiger partial charge in [-0.3, -0.25) is 4.90 Å². The standard InChI is InChI=1S/C17H26N2O2/c1-13-15(8-16(21-13)9-18-17(2,3)4)11-19(5)10-14-6-7-20-12-14/h6-8,12,18H,9-11H2,1-5H3. The highest BCUT2D eigenvalue weighted by Crippen LogP contribution is 2.18. The third-order valence-corrected chi connectivity index (χ3v) is 3.34. The molecule has 4 heteroatoms. The van der Waals surface area contributed by atoms with E-state index in [0.717, 1.165) is 31.2 Å². The van der Waals surface area contributed by atoms with Gasteiger partial charge >= 0.3 is 0 Å². The molecule has 4 nitrogen and oxygen atoms in total. The van der Waals surface area contributed by atoms with Crippen molar-refractivity contribution in [1.82, 2.24) is 10.2 Å². The zero-order valence-electron chi connectivity index (χ0n) is 13.7. The first-order valence-electron chi connectivity index (χ1n) is 7.36. The van der Waals surface area contributed by atoms with Gasteiger partial charge in [0, 0.05) is 29.8 Å². The Morgan fingerprint density at radius 3 is 2.62 bits per heavy atom. The highest BCUT2D eigenvalue weighted by atomic mass is 16.3. The van der Waals surface area contributed by atoms with Crippen LogP contribution < -0.4 is 5.32 Å². The minimum Gasteiger partial charge on any atom is -0.472 e. The summed E-state index contributed by atoms with van der Waals surface area (Å²) in [7, 11) is 2.10. The maximum absolute atomic E-state index is 5.84. The van der Waals surface area contributed by atoms with E-state index in [2.05, 4.69) is 44.1 Å². The zero-order chi connectivity index (χ0) is 15.5. The predicted molar refractivity (Wildman–Crippen MR) is 83.9 cm³/mol. The third kappa shape index (κ3) is 5.06. The second-order valence-electron chi connectivity index (χ2n) is 6.70. The molecule has 0 aliphatic carbocycles. The summed E-state index contributed by atoms with van der Waals surface area (Å²) in [5.74, 6) is 1.99. The summed E-state index contributed by atoms with van der Waals surface area (Å²) in [6, 6.07) is 4.15. The second-order valence-corrected chi connectivity index (χ2v) is 6.70. The minimum absolute atomic E-state index is 0.0962. The minimum atomic E-state index is 0.0962. The van der Waals surface area contributed by atoms with Crippen molar-refractivity contribution >= 4 is 0 Å². The fraction of sp³-hybridized carbons (Fsp3) is 0.529. The van der Waals surface area contributed by atoms with Gasteiger partial charge < -0.3 is 14.2 Å². The molecule has 0 amide bonds. The molecule has 0 unspecified atom stereocenters. The smallest absolute Gasteiger partial charge is 0.118 e.